The predicted molar refractivity (Wildman–Crippen MR) is 56.0 cm³/mol. The second kappa shape index (κ2) is 6.38. The van der Waals surface area contributed by atoms with Gasteiger partial charge in [-0.3, -0.25) is 0 Å². The predicted octanol–water partition coefficient (Wildman–Crippen LogP) is -0.852. The minimum absolute atomic E-state index is 0. The third-order valence-electron chi connectivity index (χ3n) is 2.46. The van der Waals surface area contributed by atoms with E-state index in [0.29, 0.717) is 5.56 Å². The molecule has 0 saturated heterocycles. The maximum absolute atomic E-state index is 12.6. The standard InChI is InChI=1S/C10H11BF3O2.K/c1-6-4-5-8(11(12,13)14)7(2)9(6)10(15)16-3;/h4-5H,1-3H3;/q-1;+1. The second-order valence-electron chi connectivity index (χ2n) is 3.54. The Morgan fingerprint density at radius 1 is 1.24 bits per heavy atom. The summed E-state index contributed by atoms with van der Waals surface area (Å²) in [5.74, 6) is -0.739. The summed E-state index contributed by atoms with van der Waals surface area (Å²) in [5.41, 5.74) is -0.335. The van der Waals surface area contributed by atoms with Crippen molar-refractivity contribution in [2.75, 3.05) is 7.11 Å². The Labute approximate surface area is 140 Å². The number of benzene rings is 1. The number of ether oxygens (including phenoxy) is 1. The van der Waals surface area contributed by atoms with Gasteiger partial charge in [-0.2, -0.15) is 0 Å². The normalized spacial score (nSPS) is 10.7. The molecule has 0 aliphatic carbocycles. The van der Waals surface area contributed by atoms with E-state index in [1.807, 2.05) is 0 Å². The Hall–Kier alpha value is 0.181. The molecule has 0 aliphatic heterocycles. The largest absolute Gasteiger partial charge is 1.00 e. The smallest absolute Gasteiger partial charge is 0.465 e. The molecule has 0 N–H and O–H groups in total. The average Bonchev–Trinajstić information content (AvgIpc) is 2.15. The van der Waals surface area contributed by atoms with Crippen LogP contribution >= 0.6 is 0 Å². The van der Waals surface area contributed by atoms with Crippen molar-refractivity contribution in [2.24, 2.45) is 0 Å². The van der Waals surface area contributed by atoms with Crippen LogP contribution in [0.2, 0.25) is 0 Å². The molecule has 7 heteroatoms. The van der Waals surface area contributed by atoms with Crippen LogP contribution in [-0.4, -0.2) is 20.1 Å². The quantitative estimate of drug-likeness (QED) is 0.517. The van der Waals surface area contributed by atoms with Gasteiger partial charge in [0.2, 0.25) is 0 Å². The van der Waals surface area contributed by atoms with Crippen LogP contribution in [0.25, 0.3) is 0 Å². The molecule has 0 spiro atoms. The topological polar surface area (TPSA) is 26.3 Å². The van der Waals surface area contributed by atoms with Gasteiger partial charge in [0, 0.05) is 0 Å². The molecule has 17 heavy (non-hydrogen) atoms. The van der Waals surface area contributed by atoms with Crippen LogP contribution in [0.15, 0.2) is 12.1 Å². The van der Waals surface area contributed by atoms with Crippen LogP contribution in [0.1, 0.15) is 21.5 Å². The zero-order valence-electron chi connectivity index (χ0n) is 10.2. The summed E-state index contributed by atoms with van der Waals surface area (Å²) in [6, 6.07) is 2.28. The summed E-state index contributed by atoms with van der Waals surface area (Å²) in [4.78, 5) is 11.4. The van der Waals surface area contributed by atoms with E-state index in [2.05, 4.69) is 4.74 Å². The van der Waals surface area contributed by atoms with Gasteiger partial charge in [0.15, 0.2) is 0 Å². The molecule has 0 aromatic heterocycles. The fourth-order valence-electron chi connectivity index (χ4n) is 1.63. The second-order valence-corrected chi connectivity index (χ2v) is 3.54. The first-order chi connectivity index (χ1) is 7.29. The summed E-state index contributed by atoms with van der Waals surface area (Å²) in [6.07, 6.45) is 0. The van der Waals surface area contributed by atoms with Crippen molar-refractivity contribution >= 4 is 18.4 Å². The van der Waals surface area contributed by atoms with Crippen LogP contribution in [0.5, 0.6) is 0 Å². The molecule has 1 aromatic carbocycles. The van der Waals surface area contributed by atoms with E-state index in [1.165, 1.54) is 13.0 Å². The zero-order valence-corrected chi connectivity index (χ0v) is 13.3. The molecule has 0 unspecified atom stereocenters. The van der Waals surface area contributed by atoms with Crippen molar-refractivity contribution in [2.45, 2.75) is 13.8 Å². The number of hydrogen-bond donors (Lipinski definition) is 0. The van der Waals surface area contributed by atoms with Gasteiger partial charge in [-0.25, -0.2) is 4.79 Å². The van der Waals surface area contributed by atoms with Gasteiger partial charge in [0.25, 0.3) is 0 Å². The molecule has 0 aliphatic rings. The van der Waals surface area contributed by atoms with Crippen molar-refractivity contribution in [3.05, 3.63) is 28.8 Å². The maximum atomic E-state index is 12.6. The molecule has 0 fully saturated rings. The van der Waals surface area contributed by atoms with Crippen molar-refractivity contribution < 1.29 is 73.9 Å². The molecule has 1 rings (SSSR count). The number of rotatable bonds is 2. The van der Waals surface area contributed by atoms with E-state index in [-0.39, 0.29) is 62.5 Å². The van der Waals surface area contributed by atoms with Crippen molar-refractivity contribution in [1.29, 1.82) is 0 Å². The van der Waals surface area contributed by atoms with Gasteiger partial charge < -0.3 is 17.7 Å². The molecular formula is C10H11BF3KO2. The van der Waals surface area contributed by atoms with E-state index in [9.17, 15) is 17.7 Å². The third kappa shape index (κ3) is 3.82. The first kappa shape index (κ1) is 17.2. The molecule has 0 atom stereocenters. The fourth-order valence-corrected chi connectivity index (χ4v) is 1.63. The molecule has 1 aromatic rings. The molecular weight excluding hydrogens is 259 g/mol. The van der Waals surface area contributed by atoms with Crippen LogP contribution in [0.4, 0.5) is 12.9 Å². The summed E-state index contributed by atoms with van der Waals surface area (Å²) < 4.78 is 42.4. The van der Waals surface area contributed by atoms with Gasteiger partial charge in [0.05, 0.1) is 12.7 Å². The van der Waals surface area contributed by atoms with E-state index in [4.69, 9.17) is 0 Å². The van der Waals surface area contributed by atoms with Crippen molar-refractivity contribution in [3.63, 3.8) is 0 Å². The Kier molecular flexibility index (Phi) is 6.45. The maximum Gasteiger partial charge on any atom is 1.00 e. The van der Waals surface area contributed by atoms with Crippen LogP contribution in [0.3, 0.4) is 0 Å². The molecule has 0 saturated carbocycles. The Balaban J connectivity index is 0.00000256. The Bertz CT molecular complexity index is 432. The zero-order chi connectivity index (χ0) is 12.5. The number of hydrogen-bond acceptors (Lipinski definition) is 2. The number of carbonyl (C=O) groups is 1. The van der Waals surface area contributed by atoms with Gasteiger partial charge in [0.1, 0.15) is 0 Å². The van der Waals surface area contributed by atoms with E-state index in [1.54, 1.807) is 6.92 Å². The first-order valence-electron chi connectivity index (χ1n) is 4.67. The molecule has 0 radical (unpaired) electrons. The number of esters is 1. The number of carbonyl (C=O) groups excluding carboxylic acids is 1. The molecule has 0 heterocycles. The summed E-state index contributed by atoms with van der Waals surface area (Å²) in [6.45, 7) is -2.25. The molecule has 0 amide bonds. The van der Waals surface area contributed by atoms with Gasteiger partial charge in [-0.15, -0.1) is 5.46 Å². The van der Waals surface area contributed by atoms with Gasteiger partial charge in [-0.05, 0) is 19.4 Å². The van der Waals surface area contributed by atoms with E-state index in [0.717, 1.165) is 13.2 Å². The summed E-state index contributed by atoms with van der Waals surface area (Å²) >= 11 is 0. The van der Waals surface area contributed by atoms with Crippen LogP contribution < -0.4 is 56.8 Å². The summed E-state index contributed by atoms with van der Waals surface area (Å²) in [7, 11) is 1.15. The summed E-state index contributed by atoms with van der Waals surface area (Å²) in [5, 5.41) is 0. The molecule has 88 valence electrons. The SMILES string of the molecule is COC(=O)c1c(C)ccc([B-](F)(F)F)c1C.[K+]. The number of halogens is 3. The van der Waals surface area contributed by atoms with Gasteiger partial charge in [-0.1, -0.05) is 17.7 Å². The van der Waals surface area contributed by atoms with E-state index >= 15 is 0 Å². The number of aryl methyl sites for hydroxylation is 1. The Morgan fingerprint density at radius 2 is 1.76 bits per heavy atom. The average molecular weight is 270 g/mol. The van der Waals surface area contributed by atoms with Gasteiger partial charge >= 0.3 is 64.3 Å². The van der Waals surface area contributed by atoms with Crippen molar-refractivity contribution in [1.82, 2.24) is 0 Å². The number of methoxy groups -OCH3 is 1. The van der Waals surface area contributed by atoms with E-state index < -0.39 is 18.4 Å². The minimum atomic E-state index is -5.11. The van der Waals surface area contributed by atoms with Crippen LogP contribution in [-0.2, 0) is 4.74 Å². The molecule has 2 nitrogen and oxygen atoms in total. The third-order valence-corrected chi connectivity index (χ3v) is 2.46. The Morgan fingerprint density at radius 3 is 2.18 bits per heavy atom. The minimum Gasteiger partial charge on any atom is -0.465 e. The fraction of sp³-hybridized carbons (Fsp3) is 0.300. The van der Waals surface area contributed by atoms with Crippen LogP contribution in [0, 0.1) is 13.8 Å². The first-order valence-corrected chi connectivity index (χ1v) is 4.67. The molecule has 0 bridgehead atoms. The van der Waals surface area contributed by atoms with Crippen molar-refractivity contribution in [3.8, 4) is 0 Å². The monoisotopic (exact) mass is 270 g/mol.